The molecule has 1 aliphatic rings. The van der Waals surface area contributed by atoms with E-state index in [9.17, 15) is 9.59 Å². The van der Waals surface area contributed by atoms with Gasteiger partial charge in [0.2, 0.25) is 5.91 Å². The number of piperazine rings is 1. The van der Waals surface area contributed by atoms with Gasteiger partial charge in [-0.15, -0.1) is 0 Å². The van der Waals surface area contributed by atoms with Gasteiger partial charge < -0.3 is 9.80 Å². The molecule has 0 N–H and O–H groups in total. The van der Waals surface area contributed by atoms with Gasteiger partial charge in [0.05, 0.1) is 10.6 Å². The van der Waals surface area contributed by atoms with Crippen molar-refractivity contribution >= 4 is 39.3 Å². The van der Waals surface area contributed by atoms with Gasteiger partial charge in [0.15, 0.2) is 0 Å². The molecule has 4 nitrogen and oxygen atoms in total. The van der Waals surface area contributed by atoms with Gasteiger partial charge in [-0.2, -0.15) is 0 Å². The molecule has 0 bridgehead atoms. The van der Waals surface area contributed by atoms with Crippen LogP contribution in [0, 0.1) is 5.92 Å². The molecule has 1 fully saturated rings. The van der Waals surface area contributed by atoms with E-state index in [1.54, 1.807) is 23.1 Å². The zero-order chi connectivity index (χ0) is 15.6. The third kappa shape index (κ3) is 3.58. The Morgan fingerprint density at radius 2 is 1.71 bits per heavy atom. The Kier molecular flexibility index (Phi) is 5.27. The monoisotopic (exact) mass is 372 g/mol. The van der Waals surface area contributed by atoms with Crippen LogP contribution < -0.4 is 0 Å². The van der Waals surface area contributed by atoms with E-state index in [1.165, 1.54) is 0 Å². The summed E-state index contributed by atoms with van der Waals surface area (Å²) < 4.78 is 0.712. The van der Waals surface area contributed by atoms with Crippen molar-refractivity contribution in [3.05, 3.63) is 33.3 Å². The number of nitrogens with zero attached hydrogens (tertiary/aromatic N) is 2. The Labute approximate surface area is 138 Å². The largest absolute Gasteiger partial charge is 0.339 e. The quantitative estimate of drug-likeness (QED) is 0.799. The maximum absolute atomic E-state index is 12.5. The molecular weight excluding hydrogens is 356 g/mol. The second kappa shape index (κ2) is 6.79. The van der Waals surface area contributed by atoms with Gasteiger partial charge in [-0.05, 0) is 28.1 Å². The molecule has 0 spiro atoms. The van der Waals surface area contributed by atoms with E-state index >= 15 is 0 Å². The van der Waals surface area contributed by atoms with Crippen molar-refractivity contribution in [2.75, 3.05) is 26.2 Å². The Balaban J connectivity index is 2.04. The van der Waals surface area contributed by atoms with Crippen LogP contribution in [-0.4, -0.2) is 47.8 Å². The fourth-order valence-corrected chi connectivity index (χ4v) is 2.91. The zero-order valence-electron chi connectivity index (χ0n) is 12.1. The molecule has 1 heterocycles. The first-order chi connectivity index (χ1) is 9.91. The molecule has 1 aliphatic heterocycles. The minimum absolute atomic E-state index is 0.00762. The Bertz CT molecular complexity index is 555. The van der Waals surface area contributed by atoms with Gasteiger partial charge >= 0.3 is 0 Å². The maximum Gasteiger partial charge on any atom is 0.255 e. The number of hydrogen-bond acceptors (Lipinski definition) is 2. The number of hydrogen-bond donors (Lipinski definition) is 0. The van der Waals surface area contributed by atoms with Gasteiger partial charge in [0.25, 0.3) is 5.91 Å². The molecule has 1 aromatic rings. The average Bonchev–Trinajstić information content (AvgIpc) is 2.48. The summed E-state index contributed by atoms with van der Waals surface area (Å²) >= 11 is 9.50. The fourth-order valence-electron chi connectivity index (χ4n) is 2.33. The van der Waals surface area contributed by atoms with Crippen LogP contribution in [0.25, 0.3) is 0 Å². The van der Waals surface area contributed by atoms with Gasteiger partial charge in [-0.25, -0.2) is 0 Å². The summed E-state index contributed by atoms with van der Waals surface area (Å²) in [6, 6.07) is 5.32. The maximum atomic E-state index is 12.5. The number of carbonyl (C=O) groups excluding carboxylic acids is 2. The number of benzene rings is 1. The zero-order valence-corrected chi connectivity index (χ0v) is 14.4. The number of rotatable bonds is 2. The Hall–Kier alpha value is -1.07. The highest BCUT2D eigenvalue weighted by molar-refractivity contribution is 9.10. The predicted octanol–water partition coefficient (Wildman–Crippen LogP) is 3.04. The summed E-state index contributed by atoms with van der Waals surface area (Å²) in [7, 11) is 0. The van der Waals surface area contributed by atoms with Crippen molar-refractivity contribution in [2.45, 2.75) is 13.8 Å². The molecule has 0 aromatic heterocycles. The third-order valence-electron chi connectivity index (χ3n) is 3.55. The molecule has 2 rings (SSSR count). The van der Waals surface area contributed by atoms with Crippen LogP contribution in [0.1, 0.15) is 24.2 Å². The highest BCUT2D eigenvalue weighted by Gasteiger charge is 2.27. The van der Waals surface area contributed by atoms with E-state index in [4.69, 9.17) is 11.6 Å². The topological polar surface area (TPSA) is 40.6 Å². The van der Waals surface area contributed by atoms with Gasteiger partial charge in [0, 0.05) is 36.6 Å². The summed E-state index contributed by atoms with van der Waals surface area (Å²) in [5.41, 5.74) is 0.495. The molecule has 1 saturated heterocycles. The first kappa shape index (κ1) is 16.3. The van der Waals surface area contributed by atoms with Crippen LogP contribution >= 0.6 is 27.5 Å². The van der Waals surface area contributed by atoms with Crippen molar-refractivity contribution in [1.29, 1.82) is 0 Å². The highest BCUT2D eigenvalue weighted by Crippen LogP contribution is 2.27. The van der Waals surface area contributed by atoms with E-state index in [0.29, 0.717) is 41.2 Å². The minimum atomic E-state index is -0.0852. The normalized spacial score (nSPS) is 15.5. The van der Waals surface area contributed by atoms with Crippen LogP contribution in [0.3, 0.4) is 0 Å². The fraction of sp³-hybridized carbons (Fsp3) is 0.467. The standard InChI is InChI=1S/C15H18BrClN2O2/c1-10(2)14(20)18-6-8-19(9-7-18)15(21)11-4-3-5-12(16)13(11)17/h3-5,10H,6-9H2,1-2H3. The predicted molar refractivity (Wildman–Crippen MR) is 86.5 cm³/mol. The average molecular weight is 374 g/mol. The minimum Gasteiger partial charge on any atom is -0.339 e. The summed E-state index contributed by atoms with van der Waals surface area (Å²) in [5.74, 6) is 0.0484. The first-order valence-electron chi connectivity index (χ1n) is 6.94. The van der Waals surface area contributed by atoms with Crippen LogP contribution in [0.2, 0.25) is 5.02 Å². The molecule has 114 valence electrons. The lowest BCUT2D eigenvalue weighted by molar-refractivity contribution is -0.135. The molecule has 0 unspecified atom stereocenters. The summed E-state index contributed by atoms with van der Waals surface area (Å²) in [5, 5.41) is 0.434. The van der Waals surface area contributed by atoms with E-state index in [1.807, 2.05) is 18.7 Å². The van der Waals surface area contributed by atoms with Crippen molar-refractivity contribution in [3.8, 4) is 0 Å². The smallest absolute Gasteiger partial charge is 0.255 e. The second-order valence-electron chi connectivity index (χ2n) is 5.37. The second-order valence-corrected chi connectivity index (χ2v) is 6.61. The van der Waals surface area contributed by atoms with E-state index in [-0.39, 0.29) is 17.7 Å². The molecular formula is C15H18BrClN2O2. The van der Waals surface area contributed by atoms with E-state index in [2.05, 4.69) is 15.9 Å². The van der Waals surface area contributed by atoms with Crippen molar-refractivity contribution < 1.29 is 9.59 Å². The van der Waals surface area contributed by atoms with E-state index in [0.717, 1.165) is 0 Å². The summed E-state index contributed by atoms with van der Waals surface area (Å²) in [6.45, 7) is 6.02. The van der Waals surface area contributed by atoms with E-state index < -0.39 is 0 Å². The highest BCUT2D eigenvalue weighted by atomic mass is 79.9. The molecule has 21 heavy (non-hydrogen) atoms. The van der Waals surface area contributed by atoms with Crippen LogP contribution in [0.5, 0.6) is 0 Å². The Morgan fingerprint density at radius 3 is 2.29 bits per heavy atom. The van der Waals surface area contributed by atoms with Crippen LogP contribution in [0.4, 0.5) is 0 Å². The van der Waals surface area contributed by atoms with Crippen molar-refractivity contribution in [2.24, 2.45) is 5.92 Å². The number of amides is 2. The first-order valence-corrected chi connectivity index (χ1v) is 8.11. The summed E-state index contributed by atoms with van der Waals surface area (Å²) in [6.07, 6.45) is 0. The lowest BCUT2D eigenvalue weighted by atomic mass is 10.1. The van der Waals surface area contributed by atoms with Crippen molar-refractivity contribution in [3.63, 3.8) is 0 Å². The number of carbonyl (C=O) groups is 2. The Morgan fingerprint density at radius 1 is 1.14 bits per heavy atom. The molecule has 0 atom stereocenters. The van der Waals surface area contributed by atoms with Crippen LogP contribution in [-0.2, 0) is 4.79 Å². The molecule has 0 radical (unpaired) electrons. The van der Waals surface area contributed by atoms with Crippen molar-refractivity contribution in [1.82, 2.24) is 9.80 Å². The molecule has 0 aliphatic carbocycles. The molecule has 6 heteroatoms. The van der Waals surface area contributed by atoms with Gasteiger partial charge in [-0.1, -0.05) is 31.5 Å². The molecule has 1 aromatic carbocycles. The summed E-state index contributed by atoms with van der Waals surface area (Å²) in [4.78, 5) is 28.0. The lowest BCUT2D eigenvalue weighted by Gasteiger charge is -2.35. The number of halogens is 2. The lowest BCUT2D eigenvalue weighted by Crippen LogP contribution is -2.51. The van der Waals surface area contributed by atoms with Gasteiger partial charge in [0.1, 0.15) is 0 Å². The third-order valence-corrected chi connectivity index (χ3v) is 4.85. The molecule has 0 saturated carbocycles. The van der Waals surface area contributed by atoms with Crippen LogP contribution in [0.15, 0.2) is 22.7 Å². The molecule has 2 amide bonds. The van der Waals surface area contributed by atoms with Gasteiger partial charge in [-0.3, -0.25) is 9.59 Å². The SMILES string of the molecule is CC(C)C(=O)N1CCN(C(=O)c2cccc(Br)c2Cl)CC1.